The number of amides is 1. The first-order chi connectivity index (χ1) is 8.36. The Hall–Kier alpha value is -0.650. The summed E-state index contributed by atoms with van der Waals surface area (Å²) in [6.07, 6.45) is 6.82. The van der Waals surface area contributed by atoms with Gasteiger partial charge in [-0.25, -0.2) is 5.90 Å². The van der Waals surface area contributed by atoms with Crippen molar-refractivity contribution in [1.29, 1.82) is 0 Å². The van der Waals surface area contributed by atoms with Crippen LogP contribution in [0.25, 0.3) is 0 Å². The number of rotatable bonds is 3. The maximum atomic E-state index is 11.8. The van der Waals surface area contributed by atoms with Gasteiger partial charge in [0.05, 0.1) is 0 Å². The molecule has 2 aliphatic heterocycles. The standard InChI is InChI=1S/C12H22N2O.H3NO/c15-12(14-9-1-2-10-14)4-3-11-5-7-13-8-6-11;1-2/h11,13H,1-10H2;2H,1H2. The van der Waals surface area contributed by atoms with Crippen molar-refractivity contribution in [3.8, 4) is 0 Å². The Bertz CT molecular complexity index is 212. The minimum Gasteiger partial charge on any atom is -0.343 e. The van der Waals surface area contributed by atoms with E-state index in [0.29, 0.717) is 5.91 Å². The Morgan fingerprint density at radius 2 is 1.82 bits per heavy atom. The average molecular weight is 243 g/mol. The molecule has 0 saturated carbocycles. The van der Waals surface area contributed by atoms with Gasteiger partial charge in [-0.05, 0) is 51.1 Å². The molecule has 0 aromatic rings. The monoisotopic (exact) mass is 243 g/mol. The van der Waals surface area contributed by atoms with Gasteiger partial charge in [-0.3, -0.25) is 4.79 Å². The molecule has 2 rings (SSSR count). The normalized spacial score (nSPS) is 20.9. The molecule has 0 aromatic carbocycles. The summed E-state index contributed by atoms with van der Waals surface area (Å²) < 4.78 is 0. The lowest BCUT2D eigenvalue weighted by Gasteiger charge is -2.23. The van der Waals surface area contributed by atoms with E-state index in [1.807, 2.05) is 4.90 Å². The van der Waals surface area contributed by atoms with E-state index in [9.17, 15) is 4.79 Å². The highest BCUT2D eigenvalue weighted by molar-refractivity contribution is 5.76. The van der Waals surface area contributed by atoms with Crippen LogP contribution < -0.4 is 11.2 Å². The first-order valence-corrected chi connectivity index (χ1v) is 6.60. The molecule has 5 heteroatoms. The highest BCUT2D eigenvalue weighted by Gasteiger charge is 2.20. The van der Waals surface area contributed by atoms with Crippen LogP contribution in [0.2, 0.25) is 0 Å². The van der Waals surface area contributed by atoms with Crippen molar-refractivity contribution in [3.05, 3.63) is 0 Å². The van der Waals surface area contributed by atoms with E-state index in [1.54, 1.807) is 0 Å². The van der Waals surface area contributed by atoms with E-state index >= 15 is 0 Å². The van der Waals surface area contributed by atoms with E-state index in [2.05, 4.69) is 11.2 Å². The predicted octanol–water partition coefficient (Wildman–Crippen LogP) is 0.723. The first kappa shape index (κ1) is 14.4. The summed E-state index contributed by atoms with van der Waals surface area (Å²) >= 11 is 0. The Balaban J connectivity index is 0.000000686. The number of nitrogens with zero attached hydrogens (tertiary/aromatic N) is 1. The van der Waals surface area contributed by atoms with Crippen LogP contribution in [0.15, 0.2) is 0 Å². The van der Waals surface area contributed by atoms with E-state index in [1.165, 1.54) is 25.7 Å². The van der Waals surface area contributed by atoms with Crippen LogP contribution >= 0.6 is 0 Å². The predicted molar refractivity (Wildman–Crippen MR) is 66.6 cm³/mol. The number of hydrogen-bond donors (Lipinski definition) is 3. The van der Waals surface area contributed by atoms with E-state index in [4.69, 9.17) is 5.21 Å². The molecule has 1 amide bonds. The van der Waals surface area contributed by atoms with Crippen LogP contribution in [0.3, 0.4) is 0 Å². The van der Waals surface area contributed by atoms with Gasteiger partial charge in [0, 0.05) is 19.5 Å². The topological polar surface area (TPSA) is 78.6 Å². The molecule has 2 heterocycles. The Labute approximate surface area is 103 Å². The van der Waals surface area contributed by atoms with Gasteiger partial charge in [0.15, 0.2) is 0 Å². The van der Waals surface area contributed by atoms with Crippen LogP contribution in [-0.4, -0.2) is 42.2 Å². The number of nitrogens with one attached hydrogen (secondary N) is 1. The molecule has 0 radical (unpaired) electrons. The lowest BCUT2D eigenvalue weighted by molar-refractivity contribution is -0.130. The molecule has 0 spiro atoms. The van der Waals surface area contributed by atoms with Gasteiger partial charge in [-0.1, -0.05) is 0 Å². The van der Waals surface area contributed by atoms with Gasteiger partial charge in [-0.15, -0.1) is 0 Å². The Morgan fingerprint density at radius 1 is 1.24 bits per heavy atom. The highest BCUT2D eigenvalue weighted by atomic mass is 16.4. The molecule has 2 fully saturated rings. The molecule has 17 heavy (non-hydrogen) atoms. The lowest BCUT2D eigenvalue weighted by Crippen LogP contribution is -2.30. The molecule has 100 valence electrons. The summed E-state index contributed by atoms with van der Waals surface area (Å²) in [6.45, 7) is 4.29. The number of hydrogen-bond acceptors (Lipinski definition) is 4. The maximum Gasteiger partial charge on any atom is 0.222 e. The molecule has 2 saturated heterocycles. The second-order valence-electron chi connectivity index (χ2n) is 4.82. The summed E-state index contributed by atoms with van der Waals surface area (Å²) in [5.41, 5.74) is 0. The van der Waals surface area contributed by atoms with Crippen molar-refractivity contribution >= 4 is 5.91 Å². The third-order valence-electron chi connectivity index (χ3n) is 3.68. The first-order valence-electron chi connectivity index (χ1n) is 6.60. The molecule has 0 atom stereocenters. The average Bonchev–Trinajstić information content (AvgIpc) is 2.93. The van der Waals surface area contributed by atoms with Crippen molar-refractivity contribution in [2.45, 2.75) is 38.5 Å². The van der Waals surface area contributed by atoms with Gasteiger partial charge in [-0.2, -0.15) is 0 Å². The molecule has 4 N–H and O–H groups in total. The molecule has 0 bridgehead atoms. The molecule has 0 aliphatic carbocycles. The zero-order chi connectivity index (χ0) is 12.5. The summed E-state index contributed by atoms with van der Waals surface area (Å²) in [7, 11) is 0. The third kappa shape index (κ3) is 5.02. The summed E-state index contributed by atoms with van der Waals surface area (Å²) in [6, 6.07) is 0. The second kappa shape index (κ2) is 8.44. The zero-order valence-corrected chi connectivity index (χ0v) is 10.5. The largest absolute Gasteiger partial charge is 0.343 e. The lowest BCUT2D eigenvalue weighted by atomic mass is 9.93. The van der Waals surface area contributed by atoms with Crippen LogP contribution in [-0.2, 0) is 4.79 Å². The van der Waals surface area contributed by atoms with Crippen LogP contribution in [0, 0.1) is 5.92 Å². The number of nitrogens with two attached hydrogens (primary N) is 1. The molecule has 0 aromatic heterocycles. The number of carbonyl (C=O) groups is 1. The number of carbonyl (C=O) groups excluding carboxylic acids is 1. The summed E-state index contributed by atoms with van der Waals surface area (Å²) in [5, 5.41) is 9.86. The summed E-state index contributed by atoms with van der Waals surface area (Å²) in [5.74, 6) is 4.68. The minimum absolute atomic E-state index is 0.394. The molecule has 5 nitrogen and oxygen atoms in total. The highest BCUT2D eigenvalue weighted by Crippen LogP contribution is 2.19. The van der Waals surface area contributed by atoms with Crippen LogP contribution in [0.1, 0.15) is 38.5 Å². The summed E-state index contributed by atoms with van der Waals surface area (Å²) in [4.78, 5) is 13.8. The van der Waals surface area contributed by atoms with Gasteiger partial charge >= 0.3 is 0 Å². The maximum absolute atomic E-state index is 11.8. The van der Waals surface area contributed by atoms with Crippen molar-refractivity contribution in [3.63, 3.8) is 0 Å². The van der Waals surface area contributed by atoms with Gasteiger partial charge in [0.2, 0.25) is 5.91 Å². The number of likely N-dealkylation sites (tertiary alicyclic amines) is 1. The fourth-order valence-corrected chi connectivity index (χ4v) is 2.62. The second-order valence-corrected chi connectivity index (χ2v) is 4.82. The Kier molecular flexibility index (Phi) is 7.16. The van der Waals surface area contributed by atoms with Crippen LogP contribution in [0.5, 0.6) is 0 Å². The Morgan fingerprint density at radius 3 is 2.41 bits per heavy atom. The molecular formula is C12H25N3O2. The van der Waals surface area contributed by atoms with Gasteiger partial charge < -0.3 is 15.4 Å². The van der Waals surface area contributed by atoms with E-state index in [0.717, 1.165) is 44.9 Å². The van der Waals surface area contributed by atoms with Crippen molar-refractivity contribution in [1.82, 2.24) is 10.2 Å². The van der Waals surface area contributed by atoms with Crippen molar-refractivity contribution in [2.24, 2.45) is 11.8 Å². The molecule has 0 unspecified atom stereocenters. The van der Waals surface area contributed by atoms with E-state index in [-0.39, 0.29) is 0 Å². The fraction of sp³-hybridized carbons (Fsp3) is 0.917. The van der Waals surface area contributed by atoms with E-state index < -0.39 is 0 Å². The van der Waals surface area contributed by atoms with Gasteiger partial charge in [0.25, 0.3) is 0 Å². The minimum atomic E-state index is 0.394. The van der Waals surface area contributed by atoms with Crippen LogP contribution in [0.4, 0.5) is 0 Å². The van der Waals surface area contributed by atoms with Crippen molar-refractivity contribution < 1.29 is 10.0 Å². The fourth-order valence-electron chi connectivity index (χ4n) is 2.62. The van der Waals surface area contributed by atoms with Crippen molar-refractivity contribution in [2.75, 3.05) is 26.2 Å². The number of piperidine rings is 1. The molecular weight excluding hydrogens is 218 g/mol. The van der Waals surface area contributed by atoms with Gasteiger partial charge in [0.1, 0.15) is 0 Å². The third-order valence-corrected chi connectivity index (χ3v) is 3.68. The zero-order valence-electron chi connectivity index (χ0n) is 10.5. The smallest absolute Gasteiger partial charge is 0.222 e. The SMILES string of the molecule is NO.O=C(CCC1CCNCC1)N1CCCC1. The quantitative estimate of drug-likeness (QED) is 0.638. The molecule has 2 aliphatic rings.